The predicted octanol–water partition coefficient (Wildman–Crippen LogP) is 1.30. The SMILES string of the molecule is OCc1cc(Br)cnc1N1CCCC1CO. The summed E-state index contributed by atoms with van der Waals surface area (Å²) in [5, 5.41) is 18.6. The minimum atomic E-state index is -0.0313. The van der Waals surface area contributed by atoms with E-state index >= 15 is 0 Å². The largest absolute Gasteiger partial charge is 0.394 e. The van der Waals surface area contributed by atoms with Crippen molar-refractivity contribution in [1.29, 1.82) is 0 Å². The summed E-state index contributed by atoms with van der Waals surface area (Å²) < 4.78 is 0.861. The summed E-state index contributed by atoms with van der Waals surface area (Å²) in [6, 6.07) is 2.01. The van der Waals surface area contributed by atoms with Crippen LogP contribution in [0.15, 0.2) is 16.7 Å². The molecule has 1 aromatic heterocycles. The molecule has 1 aliphatic heterocycles. The van der Waals surface area contributed by atoms with E-state index in [0.29, 0.717) is 0 Å². The molecule has 4 nitrogen and oxygen atoms in total. The molecule has 1 atom stereocenters. The van der Waals surface area contributed by atoms with Crippen molar-refractivity contribution in [3.63, 3.8) is 0 Å². The Morgan fingerprint density at radius 1 is 1.50 bits per heavy atom. The minimum absolute atomic E-state index is 0.0313. The lowest BCUT2D eigenvalue weighted by molar-refractivity contribution is 0.263. The highest BCUT2D eigenvalue weighted by Gasteiger charge is 2.26. The molecule has 1 aliphatic rings. The molecule has 1 unspecified atom stereocenters. The van der Waals surface area contributed by atoms with Crippen LogP contribution < -0.4 is 4.90 Å². The molecule has 0 radical (unpaired) electrons. The third kappa shape index (κ3) is 2.21. The molecular formula is C11H15BrN2O2. The molecule has 2 rings (SSSR count). The molecule has 2 N–H and O–H groups in total. The number of nitrogens with zero attached hydrogens (tertiary/aromatic N) is 2. The molecule has 16 heavy (non-hydrogen) atoms. The first kappa shape index (κ1) is 11.8. The number of aliphatic hydroxyl groups excluding tert-OH is 2. The number of aliphatic hydroxyl groups is 2. The summed E-state index contributed by atoms with van der Waals surface area (Å²) in [5.74, 6) is 0.794. The summed E-state index contributed by atoms with van der Waals surface area (Å²) in [6.45, 7) is 1.01. The zero-order valence-corrected chi connectivity index (χ0v) is 10.5. The van der Waals surface area contributed by atoms with Crippen LogP contribution in [-0.2, 0) is 6.61 Å². The molecule has 1 aromatic rings. The van der Waals surface area contributed by atoms with Gasteiger partial charge in [-0.15, -0.1) is 0 Å². The number of pyridine rings is 1. The molecule has 0 saturated carbocycles. The van der Waals surface area contributed by atoms with E-state index in [9.17, 15) is 10.2 Å². The quantitative estimate of drug-likeness (QED) is 0.880. The molecular weight excluding hydrogens is 272 g/mol. The third-order valence-electron chi connectivity index (χ3n) is 2.94. The first-order chi connectivity index (χ1) is 7.76. The van der Waals surface area contributed by atoms with Gasteiger partial charge in [-0.25, -0.2) is 4.98 Å². The first-order valence-corrected chi connectivity index (χ1v) is 6.18. The van der Waals surface area contributed by atoms with Crippen LogP contribution in [0.25, 0.3) is 0 Å². The average Bonchev–Trinajstić information content (AvgIpc) is 2.76. The number of halogens is 1. The Balaban J connectivity index is 2.31. The van der Waals surface area contributed by atoms with Crippen LogP contribution in [-0.4, -0.2) is 34.4 Å². The Bertz CT molecular complexity index is 373. The second-order valence-corrected chi connectivity index (χ2v) is 4.88. The van der Waals surface area contributed by atoms with Gasteiger partial charge in [0, 0.05) is 22.8 Å². The Kier molecular flexibility index (Phi) is 3.78. The maximum atomic E-state index is 9.31. The number of rotatable bonds is 3. The van der Waals surface area contributed by atoms with Crippen LogP contribution in [0.5, 0.6) is 0 Å². The van der Waals surface area contributed by atoms with Gasteiger partial charge in [-0.3, -0.25) is 0 Å². The van der Waals surface area contributed by atoms with Gasteiger partial charge in [-0.2, -0.15) is 0 Å². The molecule has 0 aliphatic carbocycles. The first-order valence-electron chi connectivity index (χ1n) is 5.39. The van der Waals surface area contributed by atoms with Gasteiger partial charge in [-0.1, -0.05) is 0 Å². The van der Waals surface area contributed by atoms with E-state index in [4.69, 9.17) is 0 Å². The van der Waals surface area contributed by atoms with Gasteiger partial charge in [0.1, 0.15) is 5.82 Å². The fourth-order valence-electron chi connectivity index (χ4n) is 2.15. The maximum absolute atomic E-state index is 9.31. The fraction of sp³-hybridized carbons (Fsp3) is 0.545. The molecule has 0 amide bonds. The van der Waals surface area contributed by atoms with Crippen molar-refractivity contribution in [2.45, 2.75) is 25.5 Å². The Morgan fingerprint density at radius 3 is 3.00 bits per heavy atom. The Hall–Kier alpha value is -0.650. The summed E-state index contributed by atoms with van der Waals surface area (Å²) in [4.78, 5) is 6.42. The predicted molar refractivity (Wildman–Crippen MR) is 65.3 cm³/mol. The molecule has 0 spiro atoms. The fourth-order valence-corrected chi connectivity index (χ4v) is 2.53. The molecule has 88 valence electrons. The summed E-state index contributed by atoms with van der Waals surface area (Å²) >= 11 is 3.34. The number of hydrogen-bond donors (Lipinski definition) is 2. The Labute approximate surface area is 103 Å². The van der Waals surface area contributed by atoms with Gasteiger partial charge in [-0.05, 0) is 34.8 Å². The second kappa shape index (κ2) is 5.12. The van der Waals surface area contributed by atoms with E-state index in [-0.39, 0.29) is 19.3 Å². The van der Waals surface area contributed by atoms with Gasteiger partial charge in [0.05, 0.1) is 19.3 Å². The van der Waals surface area contributed by atoms with E-state index in [1.807, 2.05) is 6.07 Å². The van der Waals surface area contributed by atoms with Gasteiger partial charge < -0.3 is 15.1 Å². The van der Waals surface area contributed by atoms with Crippen LogP contribution in [0.3, 0.4) is 0 Å². The van der Waals surface area contributed by atoms with Gasteiger partial charge >= 0.3 is 0 Å². The number of anilines is 1. The van der Waals surface area contributed by atoms with Gasteiger partial charge in [0.25, 0.3) is 0 Å². The number of aromatic nitrogens is 1. The van der Waals surface area contributed by atoms with Crippen molar-refractivity contribution < 1.29 is 10.2 Å². The van der Waals surface area contributed by atoms with Gasteiger partial charge in [0.15, 0.2) is 0 Å². The van der Waals surface area contributed by atoms with E-state index in [2.05, 4.69) is 25.8 Å². The molecule has 0 aromatic carbocycles. The van der Waals surface area contributed by atoms with E-state index in [1.54, 1.807) is 6.20 Å². The van der Waals surface area contributed by atoms with Crippen LogP contribution in [0, 0.1) is 0 Å². The number of hydrogen-bond acceptors (Lipinski definition) is 4. The summed E-state index contributed by atoms with van der Waals surface area (Å²) in [6.07, 6.45) is 3.77. The highest BCUT2D eigenvalue weighted by Crippen LogP contribution is 2.28. The smallest absolute Gasteiger partial charge is 0.134 e. The van der Waals surface area contributed by atoms with Crippen LogP contribution in [0.4, 0.5) is 5.82 Å². The van der Waals surface area contributed by atoms with Crippen LogP contribution >= 0.6 is 15.9 Å². The molecule has 0 bridgehead atoms. The van der Waals surface area contributed by atoms with Crippen molar-refractivity contribution in [3.05, 3.63) is 22.3 Å². The normalized spacial score (nSPS) is 20.4. The van der Waals surface area contributed by atoms with Crippen molar-refractivity contribution in [1.82, 2.24) is 4.98 Å². The maximum Gasteiger partial charge on any atom is 0.134 e. The molecule has 1 fully saturated rings. The van der Waals surface area contributed by atoms with E-state index in [0.717, 1.165) is 35.2 Å². The lowest BCUT2D eigenvalue weighted by atomic mass is 10.2. The minimum Gasteiger partial charge on any atom is -0.394 e. The van der Waals surface area contributed by atoms with Crippen LogP contribution in [0.2, 0.25) is 0 Å². The van der Waals surface area contributed by atoms with Crippen molar-refractivity contribution >= 4 is 21.7 Å². The monoisotopic (exact) mass is 286 g/mol. The molecule has 5 heteroatoms. The lowest BCUT2D eigenvalue weighted by Crippen LogP contribution is -2.33. The summed E-state index contributed by atoms with van der Waals surface area (Å²) in [5.41, 5.74) is 0.801. The van der Waals surface area contributed by atoms with E-state index in [1.165, 1.54) is 0 Å². The highest BCUT2D eigenvalue weighted by atomic mass is 79.9. The standard InChI is InChI=1S/C11H15BrN2O2/c12-9-4-8(6-15)11(13-5-9)14-3-1-2-10(14)7-16/h4-5,10,15-16H,1-3,6-7H2. The zero-order chi connectivity index (χ0) is 11.5. The molecule has 1 saturated heterocycles. The topological polar surface area (TPSA) is 56.6 Å². The van der Waals surface area contributed by atoms with Gasteiger partial charge in [0.2, 0.25) is 0 Å². The van der Waals surface area contributed by atoms with Crippen molar-refractivity contribution in [3.8, 4) is 0 Å². The molecule has 2 heterocycles. The van der Waals surface area contributed by atoms with Crippen LogP contribution in [0.1, 0.15) is 18.4 Å². The average molecular weight is 287 g/mol. The third-order valence-corrected chi connectivity index (χ3v) is 3.37. The Morgan fingerprint density at radius 2 is 2.31 bits per heavy atom. The van der Waals surface area contributed by atoms with Crippen molar-refractivity contribution in [2.24, 2.45) is 0 Å². The zero-order valence-electron chi connectivity index (χ0n) is 8.93. The van der Waals surface area contributed by atoms with E-state index < -0.39 is 0 Å². The second-order valence-electron chi connectivity index (χ2n) is 3.97. The highest BCUT2D eigenvalue weighted by molar-refractivity contribution is 9.10. The summed E-state index contributed by atoms with van der Waals surface area (Å²) in [7, 11) is 0. The lowest BCUT2D eigenvalue weighted by Gasteiger charge is -2.26. The van der Waals surface area contributed by atoms with Crippen molar-refractivity contribution in [2.75, 3.05) is 18.1 Å².